The first-order valence-electron chi connectivity index (χ1n) is 8.73. The van der Waals surface area contributed by atoms with E-state index >= 15 is 0 Å². The zero-order chi connectivity index (χ0) is 17.6. The maximum atomic E-state index is 12.1. The van der Waals surface area contributed by atoms with Gasteiger partial charge in [-0.2, -0.15) is 0 Å². The molecule has 1 atom stereocenters. The average molecular weight is 347 g/mol. The fraction of sp³-hybridized carbons (Fsp3) is 0.556. The van der Waals surface area contributed by atoms with Gasteiger partial charge in [0, 0.05) is 39.7 Å². The van der Waals surface area contributed by atoms with E-state index in [4.69, 9.17) is 9.15 Å². The van der Waals surface area contributed by atoms with Crippen LogP contribution in [0.25, 0.3) is 11.1 Å². The maximum Gasteiger partial charge on any atom is 0.419 e. The molecule has 136 valence electrons. The molecule has 2 aromatic rings. The van der Waals surface area contributed by atoms with Crippen molar-refractivity contribution < 1.29 is 13.9 Å². The van der Waals surface area contributed by atoms with Crippen molar-refractivity contribution in [1.82, 2.24) is 14.8 Å². The zero-order valence-electron chi connectivity index (χ0n) is 14.6. The minimum absolute atomic E-state index is 0.0347. The summed E-state index contributed by atoms with van der Waals surface area (Å²) in [6.45, 7) is 4.75. The topological polar surface area (TPSA) is 76.7 Å². The molecule has 1 fully saturated rings. The van der Waals surface area contributed by atoms with E-state index in [1.54, 1.807) is 13.2 Å². The Kier molecular flexibility index (Phi) is 5.88. The Bertz CT molecular complexity index is 767. The van der Waals surface area contributed by atoms with Crippen molar-refractivity contribution in [2.45, 2.75) is 19.4 Å². The first kappa shape index (κ1) is 17.7. The lowest BCUT2D eigenvalue weighted by Gasteiger charge is -2.15. The number of nitrogens with zero attached hydrogens (tertiary/aromatic N) is 2. The molecule has 1 aliphatic rings. The average Bonchev–Trinajstić information content (AvgIpc) is 3.19. The highest BCUT2D eigenvalue weighted by Crippen LogP contribution is 2.15. The number of para-hydroxylation sites is 2. The van der Waals surface area contributed by atoms with E-state index in [0.717, 1.165) is 38.2 Å². The molecule has 0 radical (unpaired) electrons. The number of likely N-dealkylation sites (tertiary alicyclic amines) is 1. The SMILES string of the molecule is COCCN1CC[C@@H](CNC(=O)CCn2c(=O)oc3ccccc32)C1. The lowest BCUT2D eigenvalue weighted by molar-refractivity contribution is -0.121. The van der Waals surface area contributed by atoms with Crippen LogP contribution in [0.15, 0.2) is 33.5 Å². The standard InChI is InChI=1S/C18H25N3O4/c1-24-11-10-20-8-6-14(13-20)12-19-17(22)7-9-21-15-4-2-3-5-16(15)25-18(21)23/h2-5,14H,6-13H2,1H3,(H,19,22)/t14-/m0/s1. The van der Waals surface area contributed by atoms with E-state index in [2.05, 4.69) is 10.2 Å². The Balaban J connectivity index is 1.44. The van der Waals surface area contributed by atoms with Crippen LogP contribution in [-0.4, -0.2) is 55.3 Å². The first-order chi connectivity index (χ1) is 12.2. The minimum Gasteiger partial charge on any atom is -0.408 e. The molecule has 25 heavy (non-hydrogen) atoms. The monoisotopic (exact) mass is 347 g/mol. The smallest absolute Gasteiger partial charge is 0.408 e. The van der Waals surface area contributed by atoms with E-state index < -0.39 is 5.76 Å². The molecule has 0 unspecified atom stereocenters. The number of rotatable bonds is 8. The van der Waals surface area contributed by atoms with Gasteiger partial charge in [0.2, 0.25) is 5.91 Å². The molecule has 3 rings (SSSR count). The molecule has 1 saturated heterocycles. The van der Waals surface area contributed by atoms with Gasteiger partial charge in [-0.15, -0.1) is 0 Å². The van der Waals surface area contributed by atoms with E-state index in [1.807, 2.05) is 18.2 Å². The molecule has 7 heteroatoms. The quantitative estimate of drug-likeness (QED) is 0.773. The highest BCUT2D eigenvalue weighted by molar-refractivity contribution is 5.76. The van der Waals surface area contributed by atoms with Gasteiger partial charge in [0.05, 0.1) is 12.1 Å². The van der Waals surface area contributed by atoms with E-state index in [0.29, 0.717) is 24.6 Å². The van der Waals surface area contributed by atoms with Gasteiger partial charge < -0.3 is 19.4 Å². The van der Waals surface area contributed by atoms with E-state index in [1.165, 1.54) is 4.57 Å². The Labute approximate surface area is 146 Å². The van der Waals surface area contributed by atoms with Crippen LogP contribution >= 0.6 is 0 Å². The predicted octanol–water partition coefficient (Wildman–Crippen LogP) is 1.07. The first-order valence-corrected chi connectivity index (χ1v) is 8.73. The summed E-state index contributed by atoms with van der Waals surface area (Å²) in [6, 6.07) is 7.25. The number of carbonyl (C=O) groups is 1. The minimum atomic E-state index is -0.418. The van der Waals surface area contributed by atoms with Crippen molar-refractivity contribution in [1.29, 1.82) is 0 Å². The summed E-state index contributed by atoms with van der Waals surface area (Å²) in [6.07, 6.45) is 1.36. The molecule has 0 bridgehead atoms. The Hall–Kier alpha value is -2.12. The number of carbonyl (C=O) groups excluding carboxylic acids is 1. The third-order valence-electron chi connectivity index (χ3n) is 4.71. The molecular formula is C18H25N3O4. The summed E-state index contributed by atoms with van der Waals surface area (Å²) in [5, 5.41) is 2.99. The lowest BCUT2D eigenvalue weighted by atomic mass is 10.1. The third kappa shape index (κ3) is 4.49. The molecule has 1 aromatic heterocycles. The van der Waals surface area contributed by atoms with Crippen molar-refractivity contribution >= 4 is 17.0 Å². The number of benzene rings is 1. The van der Waals surface area contributed by atoms with E-state index in [9.17, 15) is 9.59 Å². The molecule has 7 nitrogen and oxygen atoms in total. The second-order valence-corrected chi connectivity index (χ2v) is 6.49. The largest absolute Gasteiger partial charge is 0.419 e. The molecular weight excluding hydrogens is 322 g/mol. The zero-order valence-corrected chi connectivity index (χ0v) is 14.6. The van der Waals surface area contributed by atoms with Crippen LogP contribution in [0, 0.1) is 5.92 Å². The van der Waals surface area contributed by atoms with Crippen LogP contribution in [0.3, 0.4) is 0 Å². The summed E-state index contributed by atoms with van der Waals surface area (Å²) < 4.78 is 11.8. The second kappa shape index (κ2) is 8.31. The van der Waals surface area contributed by atoms with Crippen LogP contribution in [0.2, 0.25) is 0 Å². The van der Waals surface area contributed by atoms with Crippen LogP contribution in [0.1, 0.15) is 12.8 Å². The number of methoxy groups -OCH3 is 1. The third-order valence-corrected chi connectivity index (χ3v) is 4.71. The fourth-order valence-electron chi connectivity index (χ4n) is 3.29. The van der Waals surface area contributed by atoms with Crippen LogP contribution < -0.4 is 11.1 Å². The highest BCUT2D eigenvalue weighted by Gasteiger charge is 2.22. The lowest BCUT2D eigenvalue weighted by Crippen LogP contribution is -2.32. The van der Waals surface area contributed by atoms with Gasteiger partial charge in [0.1, 0.15) is 0 Å². The molecule has 0 aliphatic carbocycles. The van der Waals surface area contributed by atoms with E-state index in [-0.39, 0.29) is 12.3 Å². The molecule has 1 aromatic carbocycles. The summed E-state index contributed by atoms with van der Waals surface area (Å²) in [7, 11) is 1.71. The van der Waals surface area contributed by atoms with Gasteiger partial charge in [-0.1, -0.05) is 12.1 Å². The molecule has 0 saturated carbocycles. The van der Waals surface area contributed by atoms with Gasteiger partial charge in [-0.25, -0.2) is 4.79 Å². The van der Waals surface area contributed by atoms with Crippen LogP contribution in [0.4, 0.5) is 0 Å². The number of fused-ring (bicyclic) bond motifs is 1. The Morgan fingerprint density at radius 3 is 3.04 bits per heavy atom. The summed E-state index contributed by atoms with van der Waals surface area (Å²) >= 11 is 0. The number of aromatic nitrogens is 1. The number of amides is 1. The maximum absolute atomic E-state index is 12.1. The van der Waals surface area contributed by atoms with Crippen LogP contribution in [-0.2, 0) is 16.1 Å². The van der Waals surface area contributed by atoms with Gasteiger partial charge >= 0.3 is 5.76 Å². The number of oxazole rings is 1. The van der Waals surface area contributed by atoms with Crippen LogP contribution in [0.5, 0.6) is 0 Å². The number of nitrogens with one attached hydrogen (secondary N) is 1. The van der Waals surface area contributed by atoms with Crippen molar-refractivity contribution in [2.24, 2.45) is 5.92 Å². The van der Waals surface area contributed by atoms with Crippen molar-refractivity contribution in [3.63, 3.8) is 0 Å². The second-order valence-electron chi connectivity index (χ2n) is 6.49. The van der Waals surface area contributed by atoms with Crippen molar-refractivity contribution in [3.8, 4) is 0 Å². The molecule has 1 N–H and O–H groups in total. The normalized spacial score (nSPS) is 18.0. The highest BCUT2D eigenvalue weighted by atomic mass is 16.5. The molecule has 2 heterocycles. The molecule has 1 aliphatic heterocycles. The Morgan fingerprint density at radius 1 is 1.36 bits per heavy atom. The number of hydrogen-bond acceptors (Lipinski definition) is 5. The van der Waals surface area contributed by atoms with Gasteiger partial charge in [-0.05, 0) is 31.0 Å². The van der Waals surface area contributed by atoms with Crippen molar-refractivity contribution in [3.05, 3.63) is 34.8 Å². The predicted molar refractivity (Wildman–Crippen MR) is 94.5 cm³/mol. The number of aryl methyl sites for hydroxylation is 1. The number of ether oxygens (including phenoxy) is 1. The van der Waals surface area contributed by atoms with Gasteiger partial charge in [0.15, 0.2) is 5.58 Å². The number of hydrogen-bond donors (Lipinski definition) is 1. The Morgan fingerprint density at radius 2 is 2.20 bits per heavy atom. The fourth-order valence-corrected chi connectivity index (χ4v) is 3.29. The summed E-state index contributed by atoms with van der Waals surface area (Å²) in [5.41, 5.74) is 1.28. The van der Waals surface area contributed by atoms with Gasteiger partial charge in [-0.3, -0.25) is 9.36 Å². The molecule has 0 spiro atoms. The molecule has 1 amide bonds. The summed E-state index contributed by atoms with van der Waals surface area (Å²) in [4.78, 5) is 26.4. The van der Waals surface area contributed by atoms with Crippen molar-refractivity contribution in [2.75, 3.05) is 39.9 Å². The summed E-state index contributed by atoms with van der Waals surface area (Å²) in [5.74, 6) is 0.0318. The van der Waals surface area contributed by atoms with Gasteiger partial charge in [0.25, 0.3) is 0 Å².